The first-order chi connectivity index (χ1) is 36.1. The molecule has 1 aromatic carbocycles. The van der Waals surface area contributed by atoms with Crippen LogP contribution < -0.4 is 0 Å². The molecule has 4 unspecified atom stereocenters. The van der Waals surface area contributed by atoms with E-state index in [4.69, 9.17) is 37.0 Å². The first-order valence-corrected chi connectivity index (χ1v) is 39.9. The predicted octanol–water partition coefficient (Wildman–Crippen LogP) is 16.4. The topological polar surface area (TPSA) is 94.1 Å². The monoisotopic (exact) mass is 1140 g/mol. The van der Waals surface area contributed by atoms with Gasteiger partial charge >= 0.3 is 0 Å². The molecular weight excluding hydrogens is 1020 g/mol. The van der Waals surface area contributed by atoms with Crippen molar-refractivity contribution in [1.82, 2.24) is 0 Å². The van der Waals surface area contributed by atoms with Crippen molar-refractivity contribution in [3.05, 3.63) is 72.4 Å². The Bertz CT molecular complexity index is 2090. The molecule has 0 radical (unpaired) electrons. The summed E-state index contributed by atoms with van der Waals surface area (Å²) in [5.74, 6) is 1.70. The third kappa shape index (κ3) is 16.8. The molecule has 5 heterocycles. The van der Waals surface area contributed by atoms with Crippen LogP contribution >= 0.6 is 0 Å². The number of fused-ring (bicyclic) bond motifs is 1. The van der Waals surface area contributed by atoms with Crippen LogP contribution in [-0.4, -0.2) is 116 Å². The van der Waals surface area contributed by atoms with E-state index in [2.05, 4.69) is 186 Å². The van der Waals surface area contributed by atoms with Crippen LogP contribution in [0.4, 0.5) is 0 Å². The molecule has 0 amide bonds. The summed E-state index contributed by atoms with van der Waals surface area (Å²) in [7, 11) is -6.38. The fraction of sp³-hybridized carbons (Fsp3) is 0.818. The van der Waals surface area contributed by atoms with E-state index in [0.29, 0.717) is 30.1 Å². The lowest BCUT2D eigenvalue weighted by Gasteiger charge is -2.54. The van der Waals surface area contributed by atoms with Crippen LogP contribution in [0.15, 0.2) is 66.8 Å². The van der Waals surface area contributed by atoms with Gasteiger partial charge in [0.25, 0.3) is 0 Å². The number of hydrogen-bond donors (Lipinski definition) is 1. The molecule has 78 heavy (non-hydrogen) atoms. The fourth-order valence-corrected chi connectivity index (χ4v) is 15.9. The largest absolute Gasteiger partial charge is 0.417 e. The highest BCUT2D eigenvalue weighted by molar-refractivity contribution is 6.75. The number of aliphatic hydroxyl groups excluding tert-OH is 1. The summed E-state index contributed by atoms with van der Waals surface area (Å²) in [5.41, 5.74) is 3.72. The molecule has 1 N–H and O–H groups in total. The lowest BCUT2D eigenvalue weighted by molar-refractivity contribution is -0.251. The molecule has 9 nitrogen and oxygen atoms in total. The summed E-state index contributed by atoms with van der Waals surface area (Å²) < 4.78 is 56.4. The van der Waals surface area contributed by atoms with E-state index in [1.807, 2.05) is 6.08 Å². The Morgan fingerprint density at radius 3 is 1.99 bits per heavy atom. The Kier molecular flexibility index (Phi) is 22.6. The summed E-state index contributed by atoms with van der Waals surface area (Å²) in [6.45, 7) is 56.3. The first kappa shape index (κ1) is 65.9. The van der Waals surface area contributed by atoms with Gasteiger partial charge in [0.1, 0.15) is 6.10 Å². The molecule has 5 aliphatic rings. The van der Waals surface area contributed by atoms with Gasteiger partial charge in [0.05, 0.1) is 73.2 Å². The van der Waals surface area contributed by atoms with Crippen LogP contribution in [-0.2, 0) is 43.4 Å². The van der Waals surface area contributed by atoms with Gasteiger partial charge in [-0.1, -0.05) is 153 Å². The summed E-state index contributed by atoms with van der Waals surface area (Å²) in [6, 6.07) is 11.0. The molecule has 0 spiro atoms. The summed E-state index contributed by atoms with van der Waals surface area (Å²) in [5, 5.41) is 11.9. The third-order valence-corrected chi connectivity index (χ3v) is 34.3. The van der Waals surface area contributed by atoms with Crippen molar-refractivity contribution >= 4 is 25.0 Å². The van der Waals surface area contributed by atoms with Gasteiger partial charge in [-0.2, -0.15) is 0 Å². The van der Waals surface area contributed by atoms with Crippen molar-refractivity contribution < 1.29 is 42.1 Å². The van der Waals surface area contributed by atoms with Crippen molar-refractivity contribution in [3.8, 4) is 0 Å². The van der Waals surface area contributed by atoms with Crippen LogP contribution in [0.25, 0.3) is 0 Å². The Labute approximate surface area is 480 Å². The van der Waals surface area contributed by atoms with Gasteiger partial charge in [0.15, 0.2) is 25.0 Å². The normalized spacial score (nSPS) is 34.1. The average molecular weight is 1140 g/mol. The van der Waals surface area contributed by atoms with Crippen LogP contribution in [0, 0.1) is 29.6 Å². The molecule has 5 aliphatic heterocycles. The molecule has 5 saturated heterocycles. The van der Waals surface area contributed by atoms with E-state index in [1.165, 1.54) is 11.1 Å². The van der Waals surface area contributed by atoms with E-state index in [-0.39, 0.29) is 94.3 Å². The third-order valence-electron chi connectivity index (χ3n) is 20.8. The first-order valence-electron chi connectivity index (χ1n) is 31.1. The SMILES string of the molecule is C=C1CC(CCC(O)/C=C/[C@H](O[Si](C)(C)C(C)(C)C)[C@@H]2O[C@H]3CC[C@H](CC)O[C@@H]3[C@H](C)[C@@H]2O[Si](C)(C)C(C)(C)C)O[C@H]1CCC1C[C@@H](C)C(=C)[C@@H](CC2O[C@H](C[C@H](C)CO[Si](C)(C)C(C)(C)C)[C@H](C)[C@H]2Cc2ccccc2)O1. The van der Waals surface area contributed by atoms with Crippen LogP contribution in [0.2, 0.25) is 54.4 Å². The van der Waals surface area contributed by atoms with Gasteiger partial charge in [-0.25, -0.2) is 0 Å². The Balaban J connectivity index is 1.07. The molecule has 12 heteroatoms. The standard InChI is InChI=1S/C66H116O9Si3/c1-23-51-32-36-56-61(71-51)48(7)62(75-78(21,22)66(14,15)16)63(73-56)57(74-77(19,20)65(11,12)13)34-30-50(67)29-31-52-39-45(4)55(69-52)35-33-53-38-44(3)46(5)59(70-53)41-60-54(40-49-27-25-24-26-28-49)47(6)58(72-60)37-43(2)42-68-76(17,18)64(8,9)10/h24-28,30,34,43-44,47-48,50-63,67H,4-5,23,29,31-33,35-42H2,1-3,6-22H3/b34-30+/t43-,44+,47+,48-,50?,51-,52?,53?,54+,55-,56-,57-,58+,59+,60?,61+,62-,63-/m0/s1. The minimum absolute atomic E-state index is 0.0148. The summed E-state index contributed by atoms with van der Waals surface area (Å²) in [6.07, 6.45) is 13.7. The number of ether oxygens (including phenoxy) is 5. The number of hydrogen-bond acceptors (Lipinski definition) is 9. The van der Waals surface area contributed by atoms with E-state index < -0.39 is 31.1 Å². The summed E-state index contributed by atoms with van der Waals surface area (Å²) >= 11 is 0. The van der Waals surface area contributed by atoms with Gasteiger partial charge in [-0.05, 0) is 165 Å². The minimum Gasteiger partial charge on any atom is -0.417 e. The lowest BCUT2D eigenvalue weighted by atomic mass is 9.78. The maximum Gasteiger partial charge on any atom is 0.193 e. The maximum atomic E-state index is 11.7. The molecule has 6 rings (SSSR count). The lowest BCUT2D eigenvalue weighted by Crippen LogP contribution is -2.64. The minimum atomic E-state index is -2.30. The molecule has 18 atom stereocenters. The van der Waals surface area contributed by atoms with Crippen molar-refractivity contribution in [1.29, 1.82) is 0 Å². The van der Waals surface area contributed by atoms with E-state index in [9.17, 15) is 5.11 Å². The van der Waals surface area contributed by atoms with Crippen LogP contribution in [0.3, 0.4) is 0 Å². The average Bonchev–Trinajstić information content (AvgIpc) is 3.91. The molecule has 0 saturated carbocycles. The van der Waals surface area contributed by atoms with Crippen LogP contribution in [0.1, 0.15) is 173 Å². The molecule has 0 aliphatic carbocycles. The molecule has 0 aromatic heterocycles. The van der Waals surface area contributed by atoms with Gasteiger partial charge in [-0.3, -0.25) is 0 Å². The molecule has 0 bridgehead atoms. The molecular formula is C66H116O9Si3. The Morgan fingerprint density at radius 2 is 1.36 bits per heavy atom. The Morgan fingerprint density at radius 1 is 0.718 bits per heavy atom. The zero-order valence-corrected chi connectivity index (χ0v) is 56.3. The van der Waals surface area contributed by atoms with Crippen molar-refractivity contribution in [2.75, 3.05) is 6.61 Å². The second kappa shape index (κ2) is 26.8. The van der Waals surface area contributed by atoms with Crippen molar-refractivity contribution in [2.24, 2.45) is 29.6 Å². The maximum absolute atomic E-state index is 11.7. The van der Waals surface area contributed by atoms with Crippen LogP contribution in [0.5, 0.6) is 0 Å². The number of benzene rings is 1. The predicted molar refractivity (Wildman–Crippen MR) is 331 cm³/mol. The highest BCUT2D eigenvalue weighted by Crippen LogP contribution is 2.47. The zero-order valence-electron chi connectivity index (χ0n) is 53.3. The van der Waals surface area contributed by atoms with Gasteiger partial charge in [0.2, 0.25) is 0 Å². The molecule has 1 aromatic rings. The molecule has 446 valence electrons. The fourth-order valence-electron chi connectivity index (χ4n) is 12.2. The van der Waals surface area contributed by atoms with Crippen molar-refractivity contribution in [3.63, 3.8) is 0 Å². The highest BCUT2D eigenvalue weighted by Gasteiger charge is 2.54. The second-order valence-corrected chi connectivity index (χ2v) is 44.5. The second-order valence-electron chi connectivity index (χ2n) is 30.1. The zero-order chi connectivity index (χ0) is 57.9. The smallest absolute Gasteiger partial charge is 0.193 e. The van der Waals surface area contributed by atoms with Gasteiger partial charge in [0, 0.05) is 18.9 Å². The molecule has 5 fully saturated rings. The van der Waals surface area contributed by atoms with E-state index >= 15 is 0 Å². The number of aliphatic hydroxyl groups is 1. The highest BCUT2D eigenvalue weighted by atomic mass is 28.4. The Hall–Kier alpha value is -1.27. The van der Waals surface area contributed by atoms with Gasteiger partial charge < -0.3 is 42.1 Å². The quantitative estimate of drug-likeness (QED) is 0.0849. The van der Waals surface area contributed by atoms with E-state index in [1.54, 1.807) is 0 Å². The van der Waals surface area contributed by atoms with Crippen molar-refractivity contribution in [2.45, 2.75) is 308 Å². The number of rotatable bonds is 23. The van der Waals surface area contributed by atoms with Gasteiger partial charge in [-0.15, -0.1) is 0 Å². The summed E-state index contributed by atoms with van der Waals surface area (Å²) in [4.78, 5) is 0. The van der Waals surface area contributed by atoms with E-state index in [0.717, 1.165) is 82.8 Å².